The molecule has 5 rings (SSSR count). The van der Waals surface area contributed by atoms with Gasteiger partial charge in [-0.15, -0.1) is 22.7 Å². The van der Waals surface area contributed by atoms with Gasteiger partial charge in [-0.1, -0.05) is 0 Å². The molecule has 0 atom stereocenters. The molecule has 0 aliphatic carbocycles. The minimum absolute atomic E-state index is 0.0728. The molecule has 4 heterocycles. The number of benzene rings is 1. The minimum Gasteiger partial charge on any atom is -0.456 e. The van der Waals surface area contributed by atoms with Gasteiger partial charge in [-0.05, 0) is 44.0 Å². The van der Waals surface area contributed by atoms with Crippen molar-refractivity contribution in [3.63, 3.8) is 0 Å². The van der Waals surface area contributed by atoms with Gasteiger partial charge in [0.1, 0.15) is 11.5 Å². The largest absolute Gasteiger partial charge is 0.456 e. The topological polar surface area (TPSA) is 71.5 Å². The zero-order valence-corrected chi connectivity index (χ0v) is 18.9. The highest BCUT2D eigenvalue weighted by molar-refractivity contribution is 7.21. The van der Waals surface area contributed by atoms with Crippen LogP contribution in [-0.4, -0.2) is 41.8 Å². The van der Waals surface area contributed by atoms with Gasteiger partial charge in [0, 0.05) is 47.4 Å². The molecular weight excluding hydrogens is 430 g/mol. The normalized spacial score (nSPS) is 13.8. The van der Waals surface area contributed by atoms with Crippen LogP contribution in [0.4, 0.5) is 0 Å². The SMILES string of the molecule is CNC(=O)c1c(C)sc2cc(Oc3ccnc4cc(C(=O)N5CCCC5)sc34)ccc12. The van der Waals surface area contributed by atoms with Crippen LogP contribution >= 0.6 is 22.7 Å². The summed E-state index contributed by atoms with van der Waals surface area (Å²) in [6.45, 7) is 3.59. The number of ether oxygens (including phenoxy) is 1. The molecule has 0 radical (unpaired) electrons. The van der Waals surface area contributed by atoms with Crippen LogP contribution in [0.15, 0.2) is 36.5 Å². The van der Waals surface area contributed by atoms with E-state index in [4.69, 9.17) is 4.74 Å². The molecule has 6 nitrogen and oxygen atoms in total. The molecule has 1 saturated heterocycles. The fraction of sp³-hybridized carbons (Fsp3) is 0.261. The predicted molar refractivity (Wildman–Crippen MR) is 125 cm³/mol. The van der Waals surface area contributed by atoms with Crippen molar-refractivity contribution in [2.24, 2.45) is 0 Å². The van der Waals surface area contributed by atoms with Crippen molar-refractivity contribution in [3.05, 3.63) is 51.8 Å². The molecule has 1 N–H and O–H groups in total. The molecule has 4 aromatic rings. The fourth-order valence-corrected chi connectivity index (χ4v) is 6.10. The number of carbonyl (C=O) groups excluding carboxylic acids is 2. The molecule has 1 aromatic carbocycles. The van der Waals surface area contributed by atoms with E-state index < -0.39 is 0 Å². The molecule has 2 amide bonds. The lowest BCUT2D eigenvalue weighted by Gasteiger charge is -2.13. The number of amides is 2. The number of aryl methyl sites for hydroxylation is 1. The Balaban J connectivity index is 1.48. The maximum atomic E-state index is 12.8. The Labute approximate surface area is 187 Å². The summed E-state index contributed by atoms with van der Waals surface area (Å²) in [6, 6.07) is 9.43. The van der Waals surface area contributed by atoms with Crippen LogP contribution in [0.3, 0.4) is 0 Å². The van der Waals surface area contributed by atoms with E-state index >= 15 is 0 Å². The summed E-state index contributed by atoms with van der Waals surface area (Å²) in [5, 5.41) is 3.63. The number of fused-ring (bicyclic) bond motifs is 2. The summed E-state index contributed by atoms with van der Waals surface area (Å²) in [5.41, 5.74) is 1.48. The average Bonchev–Trinajstić information content (AvgIpc) is 3.50. The van der Waals surface area contributed by atoms with E-state index in [-0.39, 0.29) is 11.8 Å². The average molecular weight is 452 g/mol. The van der Waals surface area contributed by atoms with Gasteiger partial charge in [0.25, 0.3) is 11.8 Å². The van der Waals surface area contributed by atoms with E-state index in [1.54, 1.807) is 24.6 Å². The third-order valence-corrected chi connectivity index (χ3v) is 7.69. The quantitative estimate of drug-likeness (QED) is 0.462. The predicted octanol–water partition coefficient (Wildman–Crippen LogP) is 5.21. The Hall–Kier alpha value is -2.97. The smallest absolute Gasteiger partial charge is 0.264 e. The van der Waals surface area contributed by atoms with Crippen LogP contribution in [-0.2, 0) is 0 Å². The van der Waals surface area contributed by atoms with Crippen molar-refractivity contribution in [1.82, 2.24) is 15.2 Å². The van der Waals surface area contributed by atoms with Crippen LogP contribution in [0, 0.1) is 6.92 Å². The Morgan fingerprint density at radius 3 is 2.71 bits per heavy atom. The van der Waals surface area contributed by atoms with E-state index in [0.717, 1.165) is 51.1 Å². The number of hydrogen-bond donors (Lipinski definition) is 1. The van der Waals surface area contributed by atoms with Crippen LogP contribution in [0.25, 0.3) is 20.3 Å². The molecule has 8 heteroatoms. The van der Waals surface area contributed by atoms with Crippen LogP contribution in [0.5, 0.6) is 11.5 Å². The number of thiophene rings is 2. The molecule has 1 fully saturated rings. The van der Waals surface area contributed by atoms with Crippen molar-refractivity contribution in [3.8, 4) is 11.5 Å². The Morgan fingerprint density at radius 1 is 1.13 bits per heavy atom. The molecular formula is C23H21N3O3S2. The first-order chi connectivity index (χ1) is 15.0. The van der Waals surface area contributed by atoms with Gasteiger partial charge in [0.15, 0.2) is 0 Å². The summed E-state index contributed by atoms with van der Waals surface area (Å²) in [6.07, 6.45) is 3.83. The lowest BCUT2D eigenvalue weighted by atomic mass is 10.1. The molecule has 3 aromatic heterocycles. The van der Waals surface area contributed by atoms with E-state index in [1.165, 1.54) is 11.3 Å². The minimum atomic E-state index is -0.0814. The number of nitrogens with one attached hydrogen (secondary N) is 1. The first-order valence-corrected chi connectivity index (χ1v) is 11.8. The van der Waals surface area contributed by atoms with Gasteiger partial charge in [0.2, 0.25) is 0 Å². The number of pyridine rings is 1. The lowest BCUT2D eigenvalue weighted by Crippen LogP contribution is -2.26. The third kappa shape index (κ3) is 3.55. The Bertz CT molecular complexity index is 1320. The molecule has 1 aliphatic rings. The third-order valence-electron chi connectivity index (χ3n) is 5.50. The number of likely N-dealkylation sites (tertiary alicyclic amines) is 1. The number of hydrogen-bond acceptors (Lipinski definition) is 6. The summed E-state index contributed by atoms with van der Waals surface area (Å²) in [7, 11) is 1.64. The zero-order valence-electron chi connectivity index (χ0n) is 17.2. The molecule has 0 bridgehead atoms. The number of carbonyl (C=O) groups is 2. The highest BCUT2D eigenvalue weighted by Gasteiger charge is 2.22. The van der Waals surface area contributed by atoms with Crippen LogP contribution in [0.1, 0.15) is 37.7 Å². The summed E-state index contributed by atoms with van der Waals surface area (Å²) in [5.74, 6) is 1.35. The Morgan fingerprint density at radius 2 is 1.94 bits per heavy atom. The van der Waals surface area contributed by atoms with Crippen molar-refractivity contribution in [1.29, 1.82) is 0 Å². The highest BCUT2D eigenvalue weighted by Crippen LogP contribution is 2.38. The van der Waals surface area contributed by atoms with Gasteiger partial charge in [-0.25, -0.2) is 0 Å². The van der Waals surface area contributed by atoms with Crippen molar-refractivity contribution in [2.75, 3.05) is 20.1 Å². The van der Waals surface area contributed by atoms with E-state index in [0.29, 0.717) is 21.9 Å². The van der Waals surface area contributed by atoms with E-state index in [2.05, 4.69) is 10.3 Å². The second kappa shape index (κ2) is 7.94. The number of aromatic nitrogens is 1. The summed E-state index contributed by atoms with van der Waals surface area (Å²) < 4.78 is 8.06. The monoisotopic (exact) mass is 451 g/mol. The van der Waals surface area contributed by atoms with E-state index in [1.807, 2.05) is 42.2 Å². The molecule has 31 heavy (non-hydrogen) atoms. The first-order valence-electron chi connectivity index (χ1n) is 10.2. The summed E-state index contributed by atoms with van der Waals surface area (Å²) >= 11 is 3.00. The van der Waals surface area contributed by atoms with Crippen LogP contribution < -0.4 is 10.1 Å². The Kier molecular flexibility index (Phi) is 5.11. The lowest BCUT2D eigenvalue weighted by molar-refractivity contribution is 0.0797. The first kappa shape index (κ1) is 20.0. The van der Waals surface area contributed by atoms with Crippen LogP contribution in [0.2, 0.25) is 0 Å². The van der Waals surface area contributed by atoms with Gasteiger partial charge in [-0.2, -0.15) is 0 Å². The highest BCUT2D eigenvalue weighted by atomic mass is 32.1. The maximum absolute atomic E-state index is 12.8. The van der Waals surface area contributed by atoms with Crippen molar-refractivity contribution >= 4 is 54.8 Å². The van der Waals surface area contributed by atoms with Crippen molar-refractivity contribution in [2.45, 2.75) is 19.8 Å². The van der Waals surface area contributed by atoms with Gasteiger partial charge in [0.05, 0.1) is 20.7 Å². The molecule has 0 unspecified atom stereocenters. The number of rotatable bonds is 4. The second-order valence-electron chi connectivity index (χ2n) is 7.51. The number of nitrogens with zero attached hydrogens (tertiary/aromatic N) is 2. The van der Waals surface area contributed by atoms with Gasteiger partial charge in [-0.3, -0.25) is 14.6 Å². The van der Waals surface area contributed by atoms with E-state index in [9.17, 15) is 9.59 Å². The standard InChI is InChI=1S/C23H21N3O3S2/c1-13-20(22(27)24-2)15-6-5-14(11-18(15)30-13)29-17-7-8-25-16-12-19(31-21(16)17)23(28)26-9-3-4-10-26/h5-8,11-12H,3-4,9-10H2,1-2H3,(H,24,27). The molecule has 158 valence electrons. The maximum Gasteiger partial charge on any atom is 0.264 e. The van der Waals surface area contributed by atoms with Gasteiger partial charge < -0.3 is 15.0 Å². The summed E-state index contributed by atoms with van der Waals surface area (Å²) in [4.78, 5) is 33.0. The molecule has 0 saturated carbocycles. The fourth-order valence-electron chi connectivity index (χ4n) is 3.97. The molecule has 1 aliphatic heterocycles. The van der Waals surface area contributed by atoms with Crippen molar-refractivity contribution < 1.29 is 14.3 Å². The molecule has 0 spiro atoms. The second-order valence-corrected chi connectivity index (χ2v) is 9.81. The zero-order chi connectivity index (χ0) is 21.5. The van der Waals surface area contributed by atoms with Gasteiger partial charge >= 0.3 is 0 Å².